The van der Waals surface area contributed by atoms with Crippen LogP contribution in [0, 0.1) is 5.41 Å². The molecule has 0 amide bonds. The summed E-state index contributed by atoms with van der Waals surface area (Å²) in [5.74, 6) is 0. The first kappa shape index (κ1) is 13.7. The first-order chi connectivity index (χ1) is 6.44. The lowest BCUT2D eigenvalue weighted by atomic mass is 9.79. The second-order valence-electron chi connectivity index (χ2n) is 5.01. The van der Waals surface area contributed by atoms with Gasteiger partial charge in [-0.05, 0) is 38.1 Å². The molecule has 0 aliphatic carbocycles. The minimum atomic E-state index is 0.369. The lowest BCUT2D eigenvalue weighted by Gasteiger charge is -2.34. The fraction of sp³-hybridized carbons (Fsp3) is 0.846. The first-order valence-corrected chi connectivity index (χ1v) is 5.81. The summed E-state index contributed by atoms with van der Waals surface area (Å²) >= 11 is 0. The molecule has 0 radical (unpaired) electrons. The second-order valence-corrected chi connectivity index (χ2v) is 5.01. The van der Waals surface area contributed by atoms with Crippen LogP contribution in [0.2, 0.25) is 0 Å². The Balaban J connectivity index is 4.29. The molecular formula is C13H27N. The van der Waals surface area contributed by atoms with Crippen LogP contribution in [0.3, 0.4) is 0 Å². The molecule has 0 heterocycles. The molecule has 0 spiro atoms. The lowest BCUT2D eigenvalue weighted by Crippen LogP contribution is -2.42. The van der Waals surface area contributed by atoms with Gasteiger partial charge >= 0.3 is 0 Å². The summed E-state index contributed by atoms with van der Waals surface area (Å²) in [5, 5.41) is 3.63. The van der Waals surface area contributed by atoms with Gasteiger partial charge in [0, 0.05) is 6.04 Å². The molecule has 1 unspecified atom stereocenters. The van der Waals surface area contributed by atoms with Gasteiger partial charge in [0.1, 0.15) is 0 Å². The lowest BCUT2D eigenvalue weighted by molar-refractivity contribution is 0.230. The van der Waals surface area contributed by atoms with E-state index >= 15 is 0 Å². The summed E-state index contributed by atoms with van der Waals surface area (Å²) < 4.78 is 0. The van der Waals surface area contributed by atoms with Crippen molar-refractivity contribution in [2.24, 2.45) is 5.41 Å². The van der Waals surface area contributed by atoms with E-state index in [1.54, 1.807) is 0 Å². The predicted octanol–water partition coefficient (Wildman–Crippen LogP) is 3.76. The van der Waals surface area contributed by atoms with Gasteiger partial charge < -0.3 is 5.32 Å². The molecule has 1 atom stereocenters. The minimum absolute atomic E-state index is 0.369. The van der Waals surface area contributed by atoms with Gasteiger partial charge in [-0.2, -0.15) is 0 Å². The van der Waals surface area contributed by atoms with Crippen molar-refractivity contribution in [1.29, 1.82) is 0 Å². The van der Waals surface area contributed by atoms with Crippen molar-refractivity contribution in [3.05, 3.63) is 12.2 Å². The smallest absolute Gasteiger partial charge is 0.0155 e. The quantitative estimate of drug-likeness (QED) is 0.613. The molecule has 84 valence electrons. The maximum absolute atomic E-state index is 4.01. The van der Waals surface area contributed by atoms with Crippen molar-refractivity contribution >= 4 is 0 Å². The minimum Gasteiger partial charge on any atom is -0.313 e. The summed E-state index contributed by atoms with van der Waals surface area (Å²) in [6, 6.07) is 0.574. The van der Waals surface area contributed by atoms with Crippen LogP contribution in [-0.4, -0.2) is 12.6 Å². The molecule has 0 fully saturated rings. The van der Waals surface area contributed by atoms with Gasteiger partial charge in [-0.15, -0.1) is 6.58 Å². The number of rotatable bonds is 7. The number of hydrogen-bond acceptors (Lipinski definition) is 1. The van der Waals surface area contributed by atoms with Crippen LogP contribution in [0.1, 0.15) is 53.9 Å². The van der Waals surface area contributed by atoms with Crippen LogP contribution < -0.4 is 5.32 Å². The van der Waals surface area contributed by atoms with E-state index in [2.05, 4.69) is 46.5 Å². The molecule has 0 aromatic heterocycles. The van der Waals surface area contributed by atoms with Gasteiger partial charge in [-0.1, -0.05) is 33.3 Å². The molecule has 0 rings (SSSR count). The summed E-state index contributed by atoms with van der Waals surface area (Å²) in [7, 11) is 0. The first-order valence-electron chi connectivity index (χ1n) is 5.81. The topological polar surface area (TPSA) is 12.0 Å². The van der Waals surface area contributed by atoms with Crippen LogP contribution in [0.4, 0.5) is 0 Å². The van der Waals surface area contributed by atoms with E-state index in [1.807, 2.05) is 0 Å². The van der Waals surface area contributed by atoms with Crippen molar-refractivity contribution in [3.63, 3.8) is 0 Å². The van der Waals surface area contributed by atoms with Gasteiger partial charge in [0.15, 0.2) is 0 Å². The highest BCUT2D eigenvalue weighted by molar-refractivity contribution is 4.97. The summed E-state index contributed by atoms with van der Waals surface area (Å²) in [4.78, 5) is 0. The molecular weight excluding hydrogens is 170 g/mol. The van der Waals surface area contributed by atoms with E-state index in [0.717, 1.165) is 13.0 Å². The van der Waals surface area contributed by atoms with Crippen molar-refractivity contribution < 1.29 is 0 Å². The molecule has 0 saturated carbocycles. The van der Waals surface area contributed by atoms with E-state index in [-0.39, 0.29) is 0 Å². The standard InChI is InChI=1S/C13H27N/c1-7-9-14-12(10-11(3)4)13(5,6)8-2/h12,14H,3,7-10H2,1-2,4-6H3. The molecule has 1 N–H and O–H groups in total. The van der Waals surface area contributed by atoms with E-state index in [4.69, 9.17) is 0 Å². The maximum Gasteiger partial charge on any atom is 0.0155 e. The Labute approximate surface area is 90.0 Å². The highest BCUT2D eigenvalue weighted by atomic mass is 14.9. The van der Waals surface area contributed by atoms with E-state index in [0.29, 0.717) is 11.5 Å². The Morgan fingerprint density at radius 2 is 1.93 bits per heavy atom. The number of hydrogen-bond donors (Lipinski definition) is 1. The molecule has 0 aliphatic rings. The van der Waals surface area contributed by atoms with Crippen molar-refractivity contribution in [1.82, 2.24) is 5.32 Å². The molecule has 1 heteroatoms. The third-order valence-electron chi connectivity index (χ3n) is 3.05. The monoisotopic (exact) mass is 197 g/mol. The van der Waals surface area contributed by atoms with Crippen LogP contribution in [0.25, 0.3) is 0 Å². The fourth-order valence-electron chi connectivity index (χ4n) is 1.54. The average Bonchev–Trinajstić information content (AvgIpc) is 2.11. The normalized spacial score (nSPS) is 14.1. The molecule has 0 saturated heterocycles. The zero-order valence-corrected chi connectivity index (χ0v) is 10.6. The predicted molar refractivity (Wildman–Crippen MR) is 65.6 cm³/mol. The van der Waals surface area contributed by atoms with Gasteiger partial charge in [-0.25, -0.2) is 0 Å². The molecule has 14 heavy (non-hydrogen) atoms. The maximum atomic E-state index is 4.01. The van der Waals surface area contributed by atoms with Crippen LogP contribution in [0.5, 0.6) is 0 Å². The second kappa shape index (κ2) is 6.23. The highest BCUT2D eigenvalue weighted by Crippen LogP contribution is 2.28. The van der Waals surface area contributed by atoms with Gasteiger partial charge in [0.05, 0.1) is 0 Å². The van der Waals surface area contributed by atoms with Crippen LogP contribution >= 0.6 is 0 Å². The van der Waals surface area contributed by atoms with Gasteiger partial charge in [0.2, 0.25) is 0 Å². The third kappa shape index (κ3) is 4.80. The Morgan fingerprint density at radius 3 is 2.29 bits per heavy atom. The van der Waals surface area contributed by atoms with Gasteiger partial charge in [0.25, 0.3) is 0 Å². The molecule has 0 aromatic rings. The Morgan fingerprint density at radius 1 is 1.36 bits per heavy atom. The molecule has 1 nitrogen and oxygen atoms in total. The fourth-order valence-corrected chi connectivity index (χ4v) is 1.54. The highest BCUT2D eigenvalue weighted by Gasteiger charge is 2.26. The van der Waals surface area contributed by atoms with Crippen LogP contribution in [-0.2, 0) is 0 Å². The van der Waals surface area contributed by atoms with Crippen molar-refractivity contribution in [3.8, 4) is 0 Å². The Bertz CT molecular complexity index is 170. The van der Waals surface area contributed by atoms with Crippen molar-refractivity contribution in [2.75, 3.05) is 6.54 Å². The Kier molecular flexibility index (Phi) is 6.10. The zero-order valence-electron chi connectivity index (χ0n) is 10.6. The SMILES string of the molecule is C=C(C)CC(NCCC)C(C)(C)CC. The summed E-state index contributed by atoms with van der Waals surface area (Å²) in [6.07, 6.45) is 3.51. The Hall–Kier alpha value is -0.300. The van der Waals surface area contributed by atoms with E-state index in [1.165, 1.54) is 18.4 Å². The molecule has 0 aliphatic heterocycles. The van der Waals surface area contributed by atoms with Gasteiger partial charge in [-0.3, -0.25) is 0 Å². The molecule has 0 aromatic carbocycles. The van der Waals surface area contributed by atoms with E-state index in [9.17, 15) is 0 Å². The molecule has 0 bridgehead atoms. The largest absolute Gasteiger partial charge is 0.313 e. The van der Waals surface area contributed by atoms with Crippen molar-refractivity contribution in [2.45, 2.75) is 59.9 Å². The number of nitrogens with one attached hydrogen (secondary N) is 1. The summed E-state index contributed by atoms with van der Waals surface area (Å²) in [5.41, 5.74) is 1.65. The van der Waals surface area contributed by atoms with E-state index < -0.39 is 0 Å². The summed E-state index contributed by atoms with van der Waals surface area (Å²) in [6.45, 7) is 16.4. The van der Waals surface area contributed by atoms with Crippen LogP contribution in [0.15, 0.2) is 12.2 Å². The average molecular weight is 197 g/mol. The zero-order chi connectivity index (χ0) is 11.2. The third-order valence-corrected chi connectivity index (χ3v) is 3.05.